The number of aliphatic hydroxyl groups excluding tert-OH is 1. The quantitative estimate of drug-likeness (QED) is 0.178. The first-order valence-electron chi connectivity index (χ1n) is 8.02. The van der Waals surface area contributed by atoms with E-state index in [0.717, 1.165) is 0 Å². The number of rotatable bonds is 5. The van der Waals surface area contributed by atoms with Gasteiger partial charge < -0.3 is 30.0 Å². The van der Waals surface area contributed by atoms with Crippen molar-refractivity contribution in [2.75, 3.05) is 6.61 Å². The van der Waals surface area contributed by atoms with E-state index in [0.29, 0.717) is 0 Å². The highest BCUT2D eigenvalue weighted by atomic mass is 35.5. The normalized spacial score (nSPS) is 21.5. The maximum atomic E-state index is 11.4. The fraction of sp³-hybridized carbons (Fsp3) is 0.500. The van der Waals surface area contributed by atoms with Gasteiger partial charge >= 0.3 is 11.8 Å². The molecule has 0 unspecified atom stereocenters. The second-order valence-corrected chi connectivity index (χ2v) is 7.28. The lowest BCUT2D eigenvalue weighted by Gasteiger charge is -2.14. The molecular formula is C16H17Cl2N3O7. The van der Waals surface area contributed by atoms with Crippen LogP contribution in [0, 0.1) is 22.0 Å². The van der Waals surface area contributed by atoms with Crippen LogP contribution in [0.3, 0.4) is 0 Å². The van der Waals surface area contributed by atoms with Gasteiger partial charge in [0.05, 0.1) is 24.7 Å². The zero-order valence-corrected chi connectivity index (χ0v) is 16.4. The van der Waals surface area contributed by atoms with E-state index in [1.54, 1.807) is 0 Å². The molecule has 0 bridgehead atoms. The zero-order chi connectivity index (χ0) is 21.1. The van der Waals surface area contributed by atoms with E-state index in [4.69, 9.17) is 32.7 Å². The van der Waals surface area contributed by atoms with Crippen molar-refractivity contribution in [2.45, 2.75) is 43.2 Å². The minimum Gasteiger partial charge on any atom is -0.459 e. The number of ether oxygens (including phenoxy) is 2. The summed E-state index contributed by atoms with van der Waals surface area (Å²) in [7, 11) is 0. The second kappa shape index (κ2) is 8.79. The van der Waals surface area contributed by atoms with Crippen molar-refractivity contribution >= 4 is 40.9 Å². The first-order valence-corrected chi connectivity index (χ1v) is 8.77. The molecule has 1 aliphatic heterocycles. The maximum absolute atomic E-state index is 11.4. The summed E-state index contributed by atoms with van der Waals surface area (Å²) in [5, 5.41) is 23.0. The van der Waals surface area contributed by atoms with Crippen LogP contribution in [-0.2, 0) is 19.1 Å². The van der Waals surface area contributed by atoms with Gasteiger partial charge in [0.1, 0.15) is 18.4 Å². The minimum atomic E-state index is -1.87. The van der Waals surface area contributed by atoms with Crippen molar-refractivity contribution in [1.29, 1.82) is 0 Å². The van der Waals surface area contributed by atoms with Crippen molar-refractivity contribution < 1.29 is 29.1 Å². The molecule has 1 amide bonds. The lowest BCUT2D eigenvalue weighted by molar-refractivity contribution is -0.393. The number of aromatic nitrogens is 1. The molecule has 0 spiro atoms. The Kier molecular flexibility index (Phi) is 6.90. The molecule has 0 aromatic carbocycles. The summed E-state index contributed by atoms with van der Waals surface area (Å²) in [4.78, 5) is 33.0. The van der Waals surface area contributed by atoms with E-state index < -0.39 is 46.3 Å². The Hall–Kier alpha value is -2.32. The van der Waals surface area contributed by atoms with Crippen LogP contribution in [0.15, 0.2) is 12.3 Å². The largest absolute Gasteiger partial charge is 0.459 e. The van der Waals surface area contributed by atoms with Gasteiger partial charge in [-0.25, -0.2) is 4.57 Å². The van der Waals surface area contributed by atoms with Crippen LogP contribution in [0.25, 0.3) is 0 Å². The summed E-state index contributed by atoms with van der Waals surface area (Å²) in [6.45, 7) is 2.00. The highest BCUT2D eigenvalue weighted by Gasteiger charge is 2.42. The van der Waals surface area contributed by atoms with Crippen LogP contribution in [0.1, 0.15) is 32.1 Å². The molecule has 1 fully saturated rings. The van der Waals surface area contributed by atoms with Crippen LogP contribution < -0.4 is 5.32 Å². The molecule has 1 saturated heterocycles. The number of carbonyl (C=O) groups is 2. The summed E-state index contributed by atoms with van der Waals surface area (Å²) < 4.78 is 10.0. The van der Waals surface area contributed by atoms with E-state index in [-0.39, 0.29) is 17.8 Å². The maximum Gasteiger partial charge on any atom is 0.326 e. The van der Waals surface area contributed by atoms with Crippen LogP contribution in [0.5, 0.6) is 0 Å². The summed E-state index contributed by atoms with van der Waals surface area (Å²) in [6, 6.07) is 1.18. The van der Waals surface area contributed by atoms with Crippen molar-refractivity contribution in [1.82, 2.24) is 9.88 Å². The van der Waals surface area contributed by atoms with E-state index >= 15 is 0 Å². The number of esters is 1. The Morgan fingerprint density at radius 2 is 2.21 bits per heavy atom. The number of alkyl halides is 2. The average Bonchev–Trinajstić information content (AvgIpc) is 3.15. The Morgan fingerprint density at radius 3 is 2.75 bits per heavy atom. The zero-order valence-electron chi connectivity index (χ0n) is 14.8. The molecule has 0 radical (unpaired) electrons. The molecular weight excluding hydrogens is 417 g/mol. The van der Waals surface area contributed by atoms with E-state index in [1.807, 2.05) is 0 Å². The molecule has 0 aliphatic carbocycles. The highest BCUT2D eigenvalue weighted by Crippen LogP contribution is 2.34. The van der Waals surface area contributed by atoms with Crippen molar-refractivity contribution in [2.24, 2.45) is 0 Å². The van der Waals surface area contributed by atoms with Crippen LogP contribution in [0.4, 0.5) is 5.82 Å². The van der Waals surface area contributed by atoms with Gasteiger partial charge in [-0.2, -0.15) is 0 Å². The number of amides is 1. The molecule has 1 aromatic rings. The smallest absolute Gasteiger partial charge is 0.326 e. The number of halogens is 2. The summed E-state index contributed by atoms with van der Waals surface area (Å²) in [5.41, 5.74) is 0.197. The van der Waals surface area contributed by atoms with Gasteiger partial charge in [-0.3, -0.25) is 9.59 Å². The lowest BCUT2D eigenvalue weighted by Crippen LogP contribution is -2.36. The van der Waals surface area contributed by atoms with E-state index in [9.17, 15) is 24.8 Å². The number of nitrogens with zero attached hydrogens (tertiary/aromatic N) is 2. The number of hydrogen-bond donors (Lipinski definition) is 2. The molecule has 12 heteroatoms. The molecule has 2 rings (SSSR count). The lowest BCUT2D eigenvalue weighted by atomic mass is 10.2. The van der Waals surface area contributed by atoms with Crippen molar-refractivity contribution in [3.8, 4) is 11.8 Å². The Bertz CT molecular complexity index is 843. The second-order valence-electron chi connectivity index (χ2n) is 5.95. The topological polar surface area (TPSA) is 133 Å². The molecule has 1 aliphatic rings. The molecule has 2 heterocycles. The summed E-state index contributed by atoms with van der Waals surface area (Å²) in [5.74, 6) is 3.56. The Balaban J connectivity index is 2.30. The third kappa shape index (κ3) is 5.59. The van der Waals surface area contributed by atoms with Crippen LogP contribution in [-0.4, -0.2) is 49.7 Å². The summed E-state index contributed by atoms with van der Waals surface area (Å²) >= 11 is 11.7. The number of aliphatic hydroxyl groups is 1. The number of nitrogens with one attached hydrogen (secondary N) is 1. The van der Waals surface area contributed by atoms with Gasteiger partial charge in [0.15, 0.2) is 0 Å². The predicted molar refractivity (Wildman–Crippen MR) is 97.4 cm³/mol. The summed E-state index contributed by atoms with van der Waals surface area (Å²) in [6.07, 6.45) is -0.971. The number of hydrogen-bond acceptors (Lipinski definition) is 7. The Labute approximate surface area is 169 Å². The third-order valence-electron chi connectivity index (χ3n) is 3.70. The van der Waals surface area contributed by atoms with Gasteiger partial charge in [0.2, 0.25) is 12.1 Å². The predicted octanol–water partition coefficient (Wildman–Crippen LogP) is 1.23. The average molecular weight is 434 g/mol. The van der Waals surface area contributed by atoms with Gasteiger partial charge in [0.25, 0.3) is 4.46 Å². The highest BCUT2D eigenvalue weighted by molar-refractivity contribution is 6.51. The standard InChI is InChI=1S/C16H17Cl2N3O7/c1-9(23)19-16(17,18)4-3-11-5-14(21(25)26)20(7-11)15-6-12(27-10(2)24)13(8-22)28-15/h5,7,12-13,15,22H,6,8H2,1-2H3,(H,19,23)/t12-,13+,15+/m0/s1. The number of carbonyl (C=O) groups excluding carboxylic acids is 2. The van der Waals surface area contributed by atoms with Gasteiger partial charge in [0, 0.05) is 13.8 Å². The minimum absolute atomic E-state index is 0.105. The van der Waals surface area contributed by atoms with E-state index in [2.05, 4.69) is 17.2 Å². The molecule has 152 valence electrons. The monoisotopic (exact) mass is 433 g/mol. The van der Waals surface area contributed by atoms with E-state index in [1.165, 1.54) is 30.7 Å². The van der Waals surface area contributed by atoms with Gasteiger partial charge in [-0.1, -0.05) is 29.1 Å². The first kappa shape index (κ1) is 22.0. The van der Waals surface area contributed by atoms with Crippen molar-refractivity contribution in [3.63, 3.8) is 0 Å². The molecule has 3 atom stereocenters. The Morgan fingerprint density at radius 1 is 1.54 bits per heavy atom. The van der Waals surface area contributed by atoms with Crippen LogP contribution in [0.2, 0.25) is 0 Å². The first-order chi connectivity index (χ1) is 13.0. The third-order valence-corrected chi connectivity index (χ3v) is 4.08. The van der Waals surface area contributed by atoms with Crippen molar-refractivity contribution in [3.05, 3.63) is 27.9 Å². The molecule has 0 saturated carbocycles. The fourth-order valence-corrected chi connectivity index (χ4v) is 3.05. The van der Waals surface area contributed by atoms with Gasteiger partial charge in [-0.15, -0.1) is 0 Å². The van der Waals surface area contributed by atoms with Gasteiger partial charge in [-0.05, 0) is 10.8 Å². The SMILES string of the molecule is CC(=O)NC(Cl)(Cl)C#Cc1cc([N+](=O)[O-])n([C@H]2C[C@H](OC(C)=O)[C@@H](CO)O2)c1. The molecule has 10 nitrogen and oxygen atoms in total. The number of nitro groups is 1. The van der Waals surface area contributed by atoms with Crippen LogP contribution >= 0.6 is 23.2 Å². The molecule has 28 heavy (non-hydrogen) atoms. The molecule has 1 aromatic heterocycles. The fourth-order valence-electron chi connectivity index (χ4n) is 2.69. The molecule has 2 N–H and O–H groups in total.